The quantitative estimate of drug-likeness (QED) is 0.649. The Bertz CT molecular complexity index is 825. The van der Waals surface area contributed by atoms with Crippen molar-refractivity contribution >= 4 is 37.6 Å². The van der Waals surface area contributed by atoms with Crippen molar-refractivity contribution in [3.8, 4) is 11.5 Å². The SMILES string of the molecule is COc1cc(Br)ccc1[C@@H]1CC(=O)[C@@H](C)[C@H](c2ccc(Br)cc2OC)N1. The van der Waals surface area contributed by atoms with Gasteiger partial charge in [0, 0.05) is 44.5 Å². The van der Waals surface area contributed by atoms with Crippen molar-refractivity contribution in [2.75, 3.05) is 14.2 Å². The van der Waals surface area contributed by atoms with E-state index in [2.05, 4.69) is 37.2 Å². The average molecular weight is 483 g/mol. The molecule has 0 unspecified atom stereocenters. The smallest absolute Gasteiger partial charge is 0.139 e. The lowest BCUT2D eigenvalue weighted by Crippen LogP contribution is -2.41. The molecule has 1 aliphatic heterocycles. The molecule has 26 heavy (non-hydrogen) atoms. The number of hydrogen-bond donors (Lipinski definition) is 1. The minimum absolute atomic E-state index is 0.111. The zero-order valence-electron chi connectivity index (χ0n) is 14.9. The minimum atomic E-state index is -0.136. The molecule has 1 fully saturated rings. The molecule has 0 spiro atoms. The van der Waals surface area contributed by atoms with Crippen LogP contribution in [0.1, 0.15) is 36.6 Å². The van der Waals surface area contributed by atoms with Gasteiger partial charge in [-0.3, -0.25) is 4.79 Å². The van der Waals surface area contributed by atoms with Gasteiger partial charge in [-0.25, -0.2) is 0 Å². The summed E-state index contributed by atoms with van der Waals surface area (Å²) in [6, 6.07) is 11.6. The fourth-order valence-corrected chi connectivity index (χ4v) is 4.15. The topological polar surface area (TPSA) is 47.6 Å². The first-order valence-electron chi connectivity index (χ1n) is 8.40. The van der Waals surface area contributed by atoms with Gasteiger partial charge in [-0.05, 0) is 24.3 Å². The van der Waals surface area contributed by atoms with Gasteiger partial charge in [0.15, 0.2) is 0 Å². The van der Waals surface area contributed by atoms with Crippen LogP contribution in [0, 0.1) is 5.92 Å². The normalized spacial score (nSPS) is 23.0. The first-order valence-corrected chi connectivity index (χ1v) is 9.98. The van der Waals surface area contributed by atoms with Gasteiger partial charge in [-0.2, -0.15) is 0 Å². The standard InChI is InChI=1S/C20H21Br2NO3/c1-11-17(24)10-16(14-6-4-12(21)8-18(14)25-2)23-20(11)15-7-5-13(22)9-19(15)26-3/h4-9,11,16,20,23H,10H2,1-3H3/t11-,16+,20-/m1/s1. The number of nitrogens with one attached hydrogen (secondary N) is 1. The minimum Gasteiger partial charge on any atom is -0.496 e. The molecule has 6 heteroatoms. The van der Waals surface area contributed by atoms with Crippen molar-refractivity contribution in [1.82, 2.24) is 5.32 Å². The Balaban J connectivity index is 1.99. The Hall–Kier alpha value is -1.37. The van der Waals surface area contributed by atoms with Crippen LogP contribution in [0.15, 0.2) is 45.3 Å². The van der Waals surface area contributed by atoms with Crippen LogP contribution in [0.25, 0.3) is 0 Å². The van der Waals surface area contributed by atoms with Crippen LogP contribution >= 0.6 is 31.9 Å². The molecule has 138 valence electrons. The van der Waals surface area contributed by atoms with Crippen LogP contribution in [0.4, 0.5) is 0 Å². The second-order valence-electron chi connectivity index (χ2n) is 6.43. The Morgan fingerprint density at radius 2 is 1.50 bits per heavy atom. The van der Waals surface area contributed by atoms with Gasteiger partial charge in [-0.15, -0.1) is 0 Å². The fourth-order valence-electron chi connectivity index (χ4n) is 3.47. The highest BCUT2D eigenvalue weighted by Gasteiger charge is 2.37. The molecule has 1 N–H and O–H groups in total. The Labute approximate surface area is 170 Å². The fraction of sp³-hybridized carbons (Fsp3) is 0.350. The lowest BCUT2D eigenvalue weighted by molar-refractivity contribution is -0.126. The van der Waals surface area contributed by atoms with Gasteiger partial charge in [0.2, 0.25) is 0 Å². The molecule has 0 aromatic heterocycles. The number of hydrogen-bond acceptors (Lipinski definition) is 4. The van der Waals surface area contributed by atoms with E-state index < -0.39 is 0 Å². The Kier molecular flexibility index (Phi) is 6.05. The van der Waals surface area contributed by atoms with Gasteiger partial charge < -0.3 is 14.8 Å². The van der Waals surface area contributed by atoms with E-state index in [9.17, 15) is 4.79 Å². The highest BCUT2D eigenvalue weighted by atomic mass is 79.9. The lowest BCUT2D eigenvalue weighted by atomic mass is 9.81. The third-order valence-corrected chi connectivity index (χ3v) is 5.88. The zero-order valence-corrected chi connectivity index (χ0v) is 18.1. The van der Waals surface area contributed by atoms with E-state index in [1.54, 1.807) is 14.2 Å². The first-order chi connectivity index (χ1) is 12.4. The molecular weight excluding hydrogens is 462 g/mol. The number of piperidine rings is 1. The summed E-state index contributed by atoms with van der Waals surface area (Å²) in [6.45, 7) is 1.97. The molecule has 1 heterocycles. The Morgan fingerprint density at radius 3 is 2.08 bits per heavy atom. The monoisotopic (exact) mass is 481 g/mol. The molecule has 4 nitrogen and oxygen atoms in total. The molecule has 2 aromatic carbocycles. The molecule has 0 aliphatic carbocycles. The molecule has 1 saturated heterocycles. The summed E-state index contributed by atoms with van der Waals surface area (Å²) in [5.41, 5.74) is 1.97. The summed E-state index contributed by atoms with van der Waals surface area (Å²) in [6.07, 6.45) is 0.439. The second kappa shape index (κ2) is 8.11. The van der Waals surface area contributed by atoms with E-state index in [4.69, 9.17) is 9.47 Å². The van der Waals surface area contributed by atoms with Crippen molar-refractivity contribution in [3.05, 3.63) is 56.5 Å². The van der Waals surface area contributed by atoms with Crippen molar-refractivity contribution in [3.63, 3.8) is 0 Å². The van der Waals surface area contributed by atoms with Gasteiger partial charge in [0.1, 0.15) is 17.3 Å². The van der Waals surface area contributed by atoms with Gasteiger partial charge in [0.25, 0.3) is 0 Å². The predicted octanol–water partition coefficient (Wildman–Crippen LogP) is 5.21. The highest BCUT2D eigenvalue weighted by Crippen LogP contribution is 2.41. The van der Waals surface area contributed by atoms with E-state index in [0.717, 1.165) is 31.6 Å². The van der Waals surface area contributed by atoms with Crippen molar-refractivity contribution in [2.45, 2.75) is 25.4 Å². The van der Waals surface area contributed by atoms with Crippen molar-refractivity contribution < 1.29 is 14.3 Å². The Morgan fingerprint density at radius 1 is 0.962 bits per heavy atom. The molecule has 2 aromatic rings. The molecule has 3 atom stereocenters. The zero-order chi connectivity index (χ0) is 18.8. The number of benzene rings is 2. The third-order valence-electron chi connectivity index (χ3n) is 4.90. The summed E-state index contributed by atoms with van der Waals surface area (Å²) in [5.74, 6) is 1.62. The van der Waals surface area contributed by atoms with E-state index >= 15 is 0 Å². The molecule has 1 aliphatic rings. The van der Waals surface area contributed by atoms with Crippen LogP contribution in [0.3, 0.4) is 0 Å². The third kappa shape index (κ3) is 3.82. The number of methoxy groups -OCH3 is 2. The van der Waals surface area contributed by atoms with Crippen LogP contribution in [0.2, 0.25) is 0 Å². The average Bonchev–Trinajstić information content (AvgIpc) is 2.63. The maximum absolute atomic E-state index is 12.8. The number of carbonyl (C=O) groups is 1. The molecule has 0 bridgehead atoms. The lowest BCUT2D eigenvalue weighted by Gasteiger charge is -2.36. The van der Waals surface area contributed by atoms with Crippen molar-refractivity contribution in [2.24, 2.45) is 5.92 Å². The van der Waals surface area contributed by atoms with E-state index in [0.29, 0.717) is 6.42 Å². The number of ketones is 1. The summed E-state index contributed by atoms with van der Waals surface area (Å²) in [5, 5.41) is 3.64. The van der Waals surface area contributed by atoms with Crippen LogP contribution in [-0.2, 0) is 4.79 Å². The number of rotatable bonds is 4. The van der Waals surface area contributed by atoms with Gasteiger partial charge in [-0.1, -0.05) is 50.9 Å². The second-order valence-corrected chi connectivity index (χ2v) is 8.26. The maximum atomic E-state index is 12.8. The molecule has 0 amide bonds. The van der Waals surface area contributed by atoms with Crippen LogP contribution in [-0.4, -0.2) is 20.0 Å². The van der Waals surface area contributed by atoms with E-state index in [-0.39, 0.29) is 23.8 Å². The summed E-state index contributed by atoms with van der Waals surface area (Å²) in [4.78, 5) is 12.8. The van der Waals surface area contributed by atoms with Crippen molar-refractivity contribution in [1.29, 1.82) is 0 Å². The molecule has 3 rings (SSSR count). The molecule has 0 radical (unpaired) electrons. The summed E-state index contributed by atoms with van der Waals surface area (Å²) in [7, 11) is 3.30. The van der Waals surface area contributed by atoms with Crippen LogP contribution in [0.5, 0.6) is 11.5 Å². The van der Waals surface area contributed by atoms with Gasteiger partial charge in [0.05, 0.1) is 14.2 Å². The number of carbonyl (C=O) groups excluding carboxylic acids is 1. The molecular formula is C20H21Br2NO3. The molecule has 0 saturated carbocycles. The van der Waals surface area contributed by atoms with Gasteiger partial charge >= 0.3 is 0 Å². The number of Topliss-reactive ketones (excluding diaryl/α,β-unsaturated/α-hetero) is 1. The van der Waals surface area contributed by atoms with E-state index in [1.807, 2.05) is 43.3 Å². The number of ether oxygens (including phenoxy) is 2. The summed E-state index contributed by atoms with van der Waals surface area (Å²) < 4.78 is 13.0. The van der Waals surface area contributed by atoms with E-state index in [1.165, 1.54) is 0 Å². The predicted molar refractivity (Wildman–Crippen MR) is 109 cm³/mol. The highest BCUT2D eigenvalue weighted by molar-refractivity contribution is 9.10. The van der Waals surface area contributed by atoms with Crippen LogP contribution < -0.4 is 14.8 Å². The number of halogens is 2. The largest absolute Gasteiger partial charge is 0.496 e. The maximum Gasteiger partial charge on any atom is 0.139 e. The summed E-state index contributed by atoms with van der Waals surface area (Å²) >= 11 is 6.94. The first kappa shape index (κ1) is 19.4.